The molecule has 0 bridgehead atoms. The third-order valence-corrected chi connectivity index (χ3v) is 5.36. The maximum absolute atomic E-state index is 13.1. The van der Waals surface area contributed by atoms with Crippen LogP contribution < -0.4 is 5.32 Å². The Hall–Kier alpha value is -2.96. The number of carbonyl (C=O) groups excluding carboxylic acids is 3. The molecular formula is C24H31N3O4. The highest BCUT2D eigenvalue weighted by molar-refractivity contribution is 6.05. The number of nitrogens with one attached hydrogen (secondary N) is 1. The van der Waals surface area contributed by atoms with Gasteiger partial charge in [0.05, 0.1) is 17.6 Å². The van der Waals surface area contributed by atoms with E-state index in [1.807, 2.05) is 45.0 Å². The fourth-order valence-electron chi connectivity index (χ4n) is 3.87. The molecule has 1 aromatic carbocycles. The summed E-state index contributed by atoms with van der Waals surface area (Å²) < 4.78 is 5.41. The van der Waals surface area contributed by atoms with Crippen LogP contribution in [0.4, 0.5) is 0 Å². The van der Waals surface area contributed by atoms with Gasteiger partial charge in [0.15, 0.2) is 6.61 Å². The van der Waals surface area contributed by atoms with Gasteiger partial charge in [0.25, 0.3) is 5.91 Å². The average Bonchev–Trinajstić information content (AvgIpc) is 2.68. The van der Waals surface area contributed by atoms with Gasteiger partial charge in [0.2, 0.25) is 5.91 Å². The maximum atomic E-state index is 13.1. The zero-order valence-electron chi connectivity index (χ0n) is 18.9. The number of aromatic nitrogens is 1. The van der Waals surface area contributed by atoms with Gasteiger partial charge in [-0.15, -0.1) is 0 Å². The molecule has 1 aliphatic rings. The number of esters is 1. The molecule has 31 heavy (non-hydrogen) atoms. The smallest absolute Gasteiger partial charge is 0.339 e. The van der Waals surface area contributed by atoms with E-state index in [-0.39, 0.29) is 18.0 Å². The van der Waals surface area contributed by atoms with Crippen LogP contribution in [-0.2, 0) is 27.2 Å². The van der Waals surface area contributed by atoms with Crippen molar-refractivity contribution in [3.63, 3.8) is 0 Å². The lowest BCUT2D eigenvalue weighted by atomic mass is 9.84. The Morgan fingerprint density at radius 3 is 2.65 bits per heavy atom. The minimum absolute atomic E-state index is 0.0985. The first kappa shape index (κ1) is 22.7. The molecule has 1 N–H and O–H groups in total. The Morgan fingerprint density at radius 2 is 1.94 bits per heavy atom. The van der Waals surface area contributed by atoms with Crippen LogP contribution in [0.25, 0.3) is 10.9 Å². The van der Waals surface area contributed by atoms with Gasteiger partial charge in [-0.3, -0.25) is 14.6 Å². The van der Waals surface area contributed by atoms with Gasteiger partial charge in [-0.05, 0) is 57.6 Å². The third-order valence-electron chi connectivity index (χ3n) is 5.36. The van der Waals surface area contributed by atoms with Crippen LogP contribution in [-0.4, -0.2) is 53.4 Å². The second kappa shape index (κ2) is 9.04. The Morgan fingerprint density at radius 1 is 1.23 bits per heavy atom. The number of aryl methyl sites for hydroxylation is 1. The number of benzene rings is 1. The number of amides is 2. The number of hydrogen-bond acceptors (Lipinski definition) is 5. The summed E-state index contributed by atoms with van der Waals surface area (Å²) >= 11 is 0. The number of rotatable bonds is 5. The largest absolute Gasteiger partial charge is 0.452 e. The average molecular weight is 426 g/mol. The zero-order chi connectivity index (χ0) is 22.8. The van der Waals surface area contributed by atoms with E-state index in [4.69, 9.17) is 9.72 Å². The molecule has 1 aromatic heterocycles. The highest BCUT2D eigenvalue weighted by atomic mass is 16.5. The Balaban J connectivity index is 1.74. The molecule has 0 saturated heterocycles. The summed E-state index contributed by atoms with van der Waals surface area (Å²) in [6.45, 7) is 7.26. The second-order valence-corrected chi connectivity index (χ2v) is 9.40. The number of hydrogen-bond donors (Lipinski definition) is 1. The molecule has 0 unspecified atom stereocenters. The normalized spacial score (nSPS) is 15.8. The summed E-state index contributed by atoms with van der Waals surface area (Å²) in [7, 11) is 1.52. The quantitative estimate of drug-likeness (QED) is 0.744. The first-order valence-corrected chi connectivity index (χ1v) is 10.7. The van der Waals surface area contributed by atoms with Crippen molar-refractivity contribution in [2.45, 2.75) is 52.5 Å². The van der Waals surface area contributed by atoms with Crippen LogP contribution >= 0.6 is 0 Å². The van der Waals surface area contributed by atoms with Gasteiger partial charge in [-0.2, -0.15) is 0 Å². The van der Waals surface area contributed by atoms with Crippen LogP contribution in [0, 0.1) is 5.92 Å². The fraction of sp³-hybridized carbons (Fsp3) is 0.500. The van der Waals surface area contributed by atoms with Crippen LogP contribution in [0.15, 0.2) is 24.3 Å². The van der Waals surface area contributed by atoms with Crippen molar-refractivity contribution in [1.29, 1.82) is 0 Å². The molecule has 7 heteroatoms. The molecule has 0 saturated carbocycles. The van der Waals surface area contributed by atoms with E-state index < -0.39 is 18.5 Å². The summed E-state index contributed by atoms with van der Waals surface area (Å²) in [5.41, 5.74) is 2.74. The topological polar surface area (TPSA) is 88.6 Å². The van der Waals surface area contributed by atoms with E-state index in [0.29, 0.717) is 11.5 Å². The van der Waals surface area contributed by atoms with Crippen molar-refractivity contribution in [3.05, 3.63) is 41.1 Å². The van der Waals surface area contributed by atoms with E-state index >= 15 is 0 Å². The molecule has 7 nitrogen and oxygen atoms in total. The minimum atomic E-state index is -0.523. The molecule has 1 aliphatic carbocycles. The monoisotopic (exact) mass is 425 g/mol. The lowest BCUT2D eigenvalue weighted by Crippen LogP contribution is -2.46. The lowest BCUT2D eigenvalue weighted by molar-refractivity contribution is -0.137. The van der Waals surface area contributed by atoms with E-state index in [1.54, 1.807) is 0 Å². The third kappa shape index (κ3) is 5.60. The minimum Gasteiger partial charge on any atom is -0.452 e. The number of likely N-dealkylation sites (N-methyl/N-ethyl adjacent to an activating group) is 1. The van der Waals surface area contributed by atoms with Crippen LogP contribution in [0.1, 0.15) is 55.7 Å². The second-order valence-electron chi connectivity index (χ2n) is 9.40. The molecule has 0 spiro atoms. The molecule has 0 fully saturated rings. The van der Waals surface area contributed by atoms with Crippen LogP contribution in [0.5, 0.6) is 0 Å². The Bertz CT molecular complexity index is 1010. The summed E-state index contributed by atoms with van der Waals surface area (Å²) in [5, 5.41) is 3.55. The van der Waals surface area contributed by atoms with Crippen molar-refractivity contribution in [2.75, 3.05) is 20.2 Å². The predicted octanol–water partition coefficient (Wildman–Crippen LogP) is 2.89. The Labute approximate surface area is 183 Å². The molecule has 166 valence electrons. The van der Waals surface area contributed by atoms with Crippen LogP contribution in [0.2, 0.25) is 0 Å². The van der Waals surface area contributed by atoms with E-state index in [2.05, 4.69) is 12.2 Å². The van der Waals surface area contributed by atoms with E-state index in [1.165, 1.54) is 11.9 Å². The number of para-hydroxylation sites is 1. The Kier molecular flexibility index (Phi) is 6.62. The molecule has 1 heterocycles. The van der Waals surface area contributed by atoms with Crippen molar-refractivity contribution in [1.82, 2.24) is 15.2 Å². The first-order valence-electron chi connectivity index (χ1n) is 10.7. The van der Waals surface area contributed by atoms with E-state index in [0.717, 1.165) is 41.4 Å². The molecule has 1 atom stereocenters. The molecule has 2 amide bonds. The van der Waals surface area contributed by atoms with Crippen molar-refractivity contribution >= 4 is 28.7 Å². The SMILES string of the molecule is C[C@@H]1CCc2nc3ccccc3c(C(=O)OCC(=O)N(C)CC(=O)NC(C)(C)C)c2C1. The van der Waals surface area contributed by atoms with Crippen LogP contribution in [0.3, 0.4) is 0 Å². The van der Waals surface area contributed by atoms with Crippen molar-refractivity contribution < 1.29 is 19.1 Å². The highest BCUT2D eigenvalue weighted by Crippen LogP contribution is 2.32. The van der Waals surface area contributed by atoms with Gasteiger partial charge in [0, 0.05) is 23.7 Å². The van der Waals surface area contributed by atoms with Crippen molar-refractivity contribution in [2.24, 2.45) is 5.92 Å². The van der Waals surface area contributed by atoms with E-state index in [9.17, 15) is 14.4 Å². The summed E-state index contributed by atoms with van der Waals surface area (Å²) in [4.78, 5) is 43.6. The summed E-state index contributed by atoms with van der Waals surface area (Å²) in [6.07, 6.45) is 2.62. The standard InChI is InChI=1S/C24H31N3O4/c1-15-10-11-19-17(12-15)22(16-8-6-7-9-18(16)25-19)23(30)31-14-21(29)27(5)13-20(28)26-24(2,3)4/h6-9,15H,10-14H2,1-5H3,(H,26,28)/t15-/m1/s1. The molecule has 3 rings (SSSR count). The van der Waals surface area contributed by atoms with Crippen molar-refractivity contribution in [3.8, 4) is 0 Å². The fourth-order valence-corrected chi connectivity index (χ4v) is 3.87. The number of nitrogens with zero attached hydrogens (tertiary/aromatic N) is 2. The molecule has 0 radical (unpaired) electrons. The lowest BCUT2D eigenvalue weighted by Gasteiger charge is -2.24. The summed E-state index contributed by atoms with van der Waals surface area (Å²) in [5.74, 6) is -0.767. The van der Waals surface area contributed by atoms with Gasteiger partial charge >= 0.3 is 5.97 Å². The number of ether oxygens (including phenoxy) is 1. The molecular weight excluding hydrogens is 394 g/mol. The molecule has 2 aromatic rings. The predicted molar refractivity (Wildman–Crippen MR) is 119 cm³/mol. The summed E-state index contributed by atoms with van der Waals surface area (Å²) in [6, 6.07) is 7.51. The maximum Gasteiger partial charge on any atom is 0.339 e. The zero-order valence-corrected chi connectivity index (χ0v) is 18.9. The highest BCUT2D eigenvalue weighted by Gasteiger charge is 2.27. The number of fused-ring (bicyclic) bond motifs is 2. The number of carbonyl (C=O) groups is 3. The number of pyridine rings is 1. The van der Waals surface area contributed by atoms with Gasteiger partial charge in [0.1, 0.15) is 0 Å². The van der Waals surface area contributed by atoms with Gasteiger partial charge in [-0.1, -0.05) is 25.1 Å². The molecule has 0 aliphatic heterocycles. The van der Waals surface area contributed by atoms with Gasteiger partial charge in [-0.25, -0.2) is 4.79 Å². The van der Waals surface area contributed by atoms with Gasteiger partial charge < -0.3 is 15.0 Å². The first-order chi connectivity index (χ1) is 14.5.